The number of nitrogens with one attached hydrogen (secondary N) is 2. The van der Waals surface area contributed by atoms with Crippen molar-refractivity contribution in [2.45, 2.75) is 20.3 Å². The number of carbonyl (C=O) groups is 1. The number of aryl methyl sites for hydroxylation is 1. The van der Waals surface area contributed by atoms with Crippen LogP contribution < -0.4 is 10.6 Å². The van der Waals surface area contributed by atoms with E-state index in [0.717, 1.165) is 6.42 Å². The number of halogens is 1. The zero-order valence-corrected chi connectivity index (χ0v) is 12.0. The van der Waals surface area contributed by atoms with Crippen molar-refractivity contribution in [2.24, 2.45) is 0 Å². The van der Waals surface area contributed by atoms with Crippen molar-refractivity contribution < 1.29 is 9.18 Å². The molecule has 2 N–H and O–H groups in total. The zero-order valence-electron chi connectivity index (χ0n) is 12.0. The van der Waals surface area contributed by atoms with Gasteiger partial charge in [0.05, 0.1) is 0 Å². The molecular weight excluding hydrogens is 271 g/mol. The second-order valence-corrected chi connectivity index (χ2v) is 4.57. The van der Waals surface area contributed by atoms with Crippen LogP contribution in [0, 0.1) is 12.7 Å². The number of nitrogens with zero attached hydrogens (tertiary/aromatic N) is 2. The van der Waals surface area contributed by atoms with Crippen LogP contribution in [-0.2, 0) is 0 Å². The van der Waals surface area contributed by atoms with E-state index < -0.39 is 0 Å². The Balaban J connectivity index is 2.18. The largest absolute Gasteiger partial charge is 0.351 e. The molecule has 0 saturated heterocycles. The van der Waals surface area contributed by atoms with E-state index in [1.54, 1.807) is 25.1 Å². The van der Waals surface area contributed by atoms with Gasteiger partial charge in [0.25, 0.3) is 5.91 Å². The highest BCUT2D eigenvalue weighted by molar-refractivity contribution is 5.93. The molecule has 0 unspecified atom stereocenters. The SMILES string of the molecule is CCCNC(=O)c1cc(Nc2ccc(F)cc2)nc(C)n1. The molecule has 0 aliphatic rings. The van der Waals surface area contributed by atoms with Crippen molar-refractivity contribution in [3.63, 3.8) is 0 Å². The van der Waals surface area contributed by atoms with Gasteiger partial charge in [-0.3, -0.25) is 4.79 Å². The molecule has 0 aliphatic heterocycles. The van der Waals surface area contributed by atoms with Crippen molar-refractivity contribution in [3.8, 4) is 0 Å². The maximum Gasteiger partial charge on any atom is 0.270 e. The molecule has 0 bridgehead atoms. The number of hydrogen-bond donors (Lipinski definition) is 2. The molecule has 0 saturated carbocycles. The fourth-order valence-corrected chi connectivity index (χ4v) is 1.76. The van der Waals surface area contributed by atoms with Crippen molar-refractivity contribution in [1.29, 1.82) is 0 Å². The van der Waals surface area contributed by atoms with Crippen LogP contribution in [0.3, 0.4) is 0 Å². The summed E-state index contributed by atoms with van der Waals surface area (Å²) in [6, 6.07) is 7.48. The minimum atomic E-state index is -0.306. The number of carbonyl (C=O) groups excluding carboxylic acids is 1. The topological polar surface area (TPSA) is 66.9 Å². The molecule has 1 heterocycles. The van der Waals surface area contributed by atoms with Crippen LogP contribution in [0.25, 0.3) is 0 Å². The lowest BCUT2D eigenvalue weighted by Gasteiger charge is -2.09. The Labute approximate surface area is 122 Å². The first-order valence-corrected chi connectivity index (χ1v) is 6.75. The van der Waals surface area contributed by atoms with Gasteiger partial charge in [0.1, 0.15) is 23.2 Å². The van der Waals surface area contributed by atoms with Gasteiger partial charge in [0.2, 0.25) is 0 Å². The fourth-order valence-electron chi connectivity index (χ4n) is 1.76. The lowest BCUT2D eigenvalue weighted by Crippen LogP contribution is -2.25. The highest BCUT2D eigenvalue weighted by atomic mass is 19.1. The van der Waals surface area contributed by atoms with E-state index in [1.807, 2.05) is 6.92 Å². The maximum absolute atomic E-state index is 12.9. The first kappa shape index (κ1) is 14.9. The van der Waals surface area contributed by atoms with Crippen molar-refractivity contribution in [2.75, 3.05) is 11.9 Å². The van der Waals surface area contributed by atoms with E-state index in [1.165, 1.54) is 12.1 Å². The Kier molecular flexibility index (Phi) is 4.81. The van der Waals surface area contributed by atoms with Gasteiger partial charge < -0.3 is 10.6 Å². The third kappa shape index (κ3) is 4.24. The van der Waals surface area contributed by atoms with E-state index in [2.05, 4.69) is 20.6 Å². The summed E-state index contributed by atoms with van der Waals surface area (Å²) in [5.41, 5.74) is 0.995. The standard InChI is InChI=1S/C15H17FN4O/c1-3-8-17-15(21)13-9-14(19-10(2)18-13)20-12-6-4-11(16)5-7-12/h4-7,9H,3,8H2,1-2H3,(H,17,21)(H,18,19,20). The van der Waals surface area contributed by atoms with Gasteiger partial charge in [-0.2, -0.15) is 0 Å². The van der Waals surface area contributed by atoms with Crippen molar-refractivity contribution in [1.82, 2.24) is 15.3 Å². The first-order chi connectivity index (χ1) is 10.1. The number of aromatic nitrogens is 2. The molecule has 6 heteroatoms. The molecule has 0 spiro atoms. The van der Waals surface area contributed by atoms with Gasteiger partial charge in [-0.1, -0.05) is 6.92 Å². The number of benzene rings is 1. The average molecular weight is 288 g/mol. The lowest BCUT2D eigenvalue weighted by atomic mass is 10.3. The summed E-state index contributed by atoms with van der Waals surface area (Å²) in [6.07, 6.45) is 0.858. The Morgan fingerprint density at radius 3 is 2.62 bits per heavy atom. The molecule has 2 aromatic rings. The molecule has 5 nitrogen and oxygen atoms in total. The summed E-state index contributed by atoms with van der Waals surface area (Å²) in [5.74, 6) is 0.447. The summed E-state index contributed by atoms with van der Waals surface area (Å²) in [6.45, 7) is 4.29. The molecule has 1 aromatic carbocycles. The third-order valence-electron chi connectivity index (χ3n) is 2.72. The summed E-state index contributed by atoms with van der Waals surface area (Å²) < 4.78 is 12.9. The minimum absolute atomic E-state index is 0.232. The Bertz CT molecular complexity index is 628. The van der Waals surface area contributed by atoms with Crippen LogP contribution in [-0.4, -0.2) is 22.4 Å². The monoisotopic (exact) mass is 288 g/mol. The number of hydrogen-bond acceptors (Lipinski definition) is 4. The molecule has 1 aromatic heterocycles. The Hall–Kier alpha value is -2.50. The number of rotatable bonds is 5. The maximum atomic E-state index is 12.9. The fraction of sp³-hybridized carbons (Fsp3) is 0.267. The molecule has 0 aliphatic carbocycles. The van der Waals surface area contributed by atoms with Gasteiger partial charge in [-0.25, -0.2) is 14.4 Å². The van der Waals surface area contributed by atoms with Crippen LogP contribution in [0.4, 0.5) is 15.9 Å². The van der Waals surface area contributed by atoms with Crippen LogP contribution in [0.15, 0.2) is 30.3 Å². The van der Waals surface area contributed by atoms with Gasteiger partial charge in [-0.05, 0) is 37.6 Å². The lowest BCUT2D eigenvalue weighted by molar-refractivity contribution is 0.0948. The Morgan fingerprint density at radius 2 is 1.95 bits per heavy atom. The summed E-state index contributed by atoms with van der Waals surface area (Å²) in [7, 11) is 0. The number of anilines is 2. The molecule has 0 fully saturated rings. The van der Waals surface area contributed by atoms with E-state index in [9.17, 15) is 9.18 Å². The molecule has 2 rings (SSSR count). The van der Waals surface area contributed by atoms with E-state index in [0.29, 0.717) is 29.6 Å². The zero-order chi connectivity index (χ0) is 15.2. The molecule has 1 amide bonds. The molecule has 110 valence electrons. The third-order valence-corrected chi connectivity index (χ3v) is 2.72. The van der Waals surface area contributed by atoms with Crippen LogP contribution >= 0.6 is 0 Å². The summed E-state index contributed by atoms with van der Waals surface area (Å²) >= 11 is 0. The van der Waals surface area contributed by atoms with Crippen LogP contribution in [0.2, 0.25) is 0 Å². The van der Waals surface area contributed by atoms with Crippen molar-refractivity contribution >= 4 is 17.4 Å². The predicted octanol–water partition coefficient (Wildman–Crippen LogP) is 2.81. The van der Waals surface area contributed by atoms with E-state index in [4.69, 9.17) is 0 Å². The van der Waals surface area contributed by atoms with E-state index >= 15 is 0 Å². The molecule has 0 atom stereocenters. The molecule has 0 radical (unpaired) electrons. The minimum Gasteiger partial charge on any atom is -0.351 e. The number of amides is 1. The summed E-state index contributed by atoms with van der Waals surface area (Å²) in [5, 5.41) is 5.79. The predicted molar refractivity (Wildman–Crippen MR) is 79.1 cm³/mol. The molecular formula is C15H17FN4O. The first-order valence-electron chi connectivity index (χ1n) is 6.75. The quantitative estimate of drug-likeness (QED) is 0.888. The van der Waals surface area contributed by atoms with Gasteiger partial charge >= 0.3 is 0 Å². The second kappa shape index (κ2) is 6.78. The Morgan fingerprint density at radius 1 is 1.24 bits per heavy atom. The molecule has 21 heavy (non-hydrogen) atoms. The normalized spacial score (nSPS) is 10.2. The smallest absolute Gasteiger partial charge is 0.270 e. The van der Waals surface area contributed by atoms with E-state index in [-0.39, 0.29) is 11.7 Å². The average Bonchev–Trinajstić information content (AvgIpc) is 2.46. The van der Waals surface area contributed by atoms with Gasteiger partial charge in [-0.15, -0.1) is 0 Å². The highest BCUT2D eigenvalue weighted by Gasteiger charge is 2.10. The summed E-state index contributed by atoms with van der Waals surface area (Å²) in [4.78, 5) is 20.3. The van der Waals surface area contributed by atoms with Crippen molar-refractivity contribution in [3.05, 3.63) is 47.7 Å². The van der Waals surface area contributed by atoms with Crippen LogP contribution in [0.5, 0.6) is 0 Å². The second-order valence-electron chi connectivity index (χ2n) is 4.57. The van der Waals surface area contributed by atoms with Gasteiger partial charge in [0.15, 0.2) is 0 Å². The highest BCUT2D eigenvalue weighted by Crippen LogP contribution is 2.16. The van der Waals surface area contributed by atoms with Crippen LogP contribution in [0.1, 0.15) is 29.7 Å². The van der Waals surface area contributed by atoms with Gasteiger partial charge in [0, 0.05) is 18.3 Å².